The average molecular weight is 463 g/mol. The van der Waals surface area contributed by atoms with Crippen molar-refractivity contribution in [2.24, 2.45) is 23.7 Å². The Morgan fingerprint density at radius 2 is 1.68 bits per heavy atom. The number of hydrogen-bond acceptors (Lipinski definition) is 5. The van der Waals surface area contributed by atoms with E-state index in [-0.39, 0.29) is 17.7 Å². The lowest BCUT2D eigenvalue weighted by Crippen LogP contribution is -2.76. The van der Waals surface area contributed by atoms with Gasteiger partial charge in [-0.2, -0.15) is 0 Å². The van der Waals surface area contributed by atoms with Crippen LogP contribution in [-0.4, -0.2) is 28.5 Å². The van der Waals surface area contributed by atoms with Gasteiger partial charge in [-0.25, -0.2) is 20.2 Å². The van der Waals surface area contributed by atoms with Gasteiger partial charge in [0.15, 0.2) is 11.8 Å². The molecule has 2 bridgehead atoms. The van der Waals surface area contributed by atoms with Crippen molar-refractivity contribution >= 4 is 5.91 Å². The summed E-state index contributed by atoms with van der Waals surface area (Å²) < 4.78 is 6.57. The van der Waals surface area contributed by atoms with Gasteiger partial charge in [0.25, 0.3) is 0 Å². The van der Waals surface area contributed by atoms with E-state index in [1.54, 1.807) is 5.01 Å². The smallest absolute Gasteiger partial charge is 0.242 e. The third-order valence-electron chi connectivity index (χ3n) is 8.78. The molecule has 1 N–H and O–H groups in total. The lowest BCUT2D eigenvalue weighted by Gasteiger charge is -2.61. The molecule has 4 saturated heterocycles. The van der Waals surface area contributed by atoms with Crippen LogP contribution >= 0.6 is 0 Å². The van der Waals surface area contributed by atoms with Crippen LogP contribution in [0.1, 0.15) is 52.0 Å². The molecule has 1 aliphatic carbocycles. The number of fused-ring (bicyclic) bond motifs is 2. The fraction of sp³-hybridized carbons (Fsp3) is 0.536. The number of amides is 1. The summed E-state index contributed by atoms with van der Waals surface area (Å²) in [5.74, 6) is -0.0272. The van der Waals surface area contributed by atoms with E-state index in [1.807, 2.05) is 32.0 Å². The quantitative estimate of drug-likeness (QED) is 0.644. The second-order valence-corrected chi connectivity index (χ2v) is 10.8. The summed E-state index contributed by atoms with van der Waals surface area (Å²) in [4.78, 5) is 25.8. The molecular weight excluding hydrogens is 428 g/mol. The van der Waals surface area contributed by atoms with Crippen molar-refractivity contribution < 1.29 is 19.3 Å². The first-order valence-corrected chi connectivity index (χ1v) is 12.7. The number of rotatable bonds is 4. The van der Waals surface area contributed by atoms with Gasteiger partial charge in [-0.3, -0.25) is 4.79 Å². The molecule has 1 saturated carbocycles. The van der Waals surface area contributed by atoms with Gasteiger partial charge in [0.05, 0.1) is 0 Å². The standard InChI is InChI=1S/C28H34N2O4/c1-18-9-14-24-19(2)25(31)30(26-28(24)23(18)15-16-27(3,32-26)33-34-28)29-17-20-10-12-22(13-11-20)21-7-5-4-6-8-21/h4-8,10-13,18-19,23-24,26,29H,9,14-17H2,1-3H3/t18-,19-,23+,24+,26-,27?,28-/m1/s1. The molecule has 5 fully saturated rings. The predicted octanol–water partition coefficient (Wildman–Crippen LogP) is 5.05. The van der Waals surface area contributed by atoms with Gasteiger partial charge in [0.1, 0.15) is 0 Å². The lowest BCUT2D eigenvalue weighted by molar-refractivity contribution is -0.549. The van der Waals surface area contributed by atoms with Crippen LogP contribution < -0.4 is 5.43 Å². The zero-order chi connectivity index (χ0) is 23.5. The van der Waals surface area contributed by atoms with Crippen molar-refractivity contribution in [3.05, 3.63) is 60.2 Å². The highest BCUT2D eigenvalue weighted by atomic mass is 17.3. The zero-order valence-corrected chi connectivity index (χ0v) is 20.2. The van der Waals surface area contributed by atoms with Crippen LogP contribution in [0.15, 0.2) is 54.6 Å². The van der Waals surface area contributed by atoms with Gasteiger partial charge >= 0.3 is 0 Å². The molecule has 0 radical (unpaired) electrons. The minimum absolute atomic E-state index is 0.0783. The minimum atomic E-state index is -0.838. The number of nitrogens with zero attached hydrogens (tertiary/aromatic N) is 1. The van der Waals surface area contributed by atoms with E-state index < -0.39 is 17.6 Å². The molecular formula is C28H34N2O4. The topological polar surface area (TPSA) is 60.0 Å². The van der Waals surface area contributed by atoms with Gasteiger partial charge < -0.3 is 4.74 Å². The largest absolute Gasteiger partial charge is 0.319 e. The predicted molar refractivity (Wildman–Crippen MR) is 128 cm³/mol. The molecule has 1 spiro atoms. The summed E-state index contributed by atoms with van der Waals surface area (Å²) in [5, 5.41) is 1.73. The highest BCUT2D eigenvalue weighted by Crippen LogP contribution is 2.60. The SMILES string of the molecule is C[C@@H]1CC[C@H]2[C@@H](C)C(=O)N(NCc3ccc(-c4ccccc4)cc3)[C@@H]3OC4(C)CC[C@@H]1[C@@]23OO4. The molecule has 4 heterocycles. The third kappa shape index (κ3) is 3.34. The van der Waals surface area contributed by atoms with Crippen LogP contribution in [0.5, 0.6) is 0 Å². The van der Waals surface area contributed by atoms with Crippen LogP contribution in [-0.2, 0) is 25.9 Å². The zero-order valence-electron chi connectivity index (χ0n) is 20.2. The van der Waals surface area contributed by atoms with E-state index in [1.165, 1.54) is 11.1 Å². The van der Waals surface area contributed by atoms with Crippen LogP contribution in [0.25, 0.3) is 11.1 Å². The Kier molecular flexibility index (Phi) is 5.34. The molecule has 6 heteroatoms. The summed E-state index contributed by atoms with van der Waals surface area (Å²) in [6, 6.07) is 18.8. The van der Waals surface area contributed by atoms with Crippen LogP contribution in [0.2, 0.25) is 0 Å². The monoisotopic (exact) mass is 462 g/mol. The van der Waals surface area contributed by atoms with Crippen molar-refractivity contribution in [3.8, 4) is 11.1 Å². The molecule has 2 aromatic carbocycles. The van der Waals surface area contributed by atoms with Gasteiger partial charge in [-0.05, 0) is 54.7 Å². The van der Waals surface area contributed by atoms with Crippen molar-refractivity contribution in [2.45, 2.75) is 70.6 Å². The molecule has 2 aromatic rings. The summed E-state index contributed by atoms with van der Waals surface area (Å²) >= 11 is 0. The van der Waals surface area contributed by atoms with Gasteiger partial charge in [-0.15, -0.1) is 0 Å². The van der Waals surface area contributed by atoms with Crippen LogP contribution in [0, 0.1) is 23.7 Å². The Morgan fingerprint density at radius 1 is 0.941 bits per heavy atom. The Labute approximate surface area is 201 Å². The van der Waals surface area contributed by atoms with Gasteiger partial charge in [0.2, 0.25) is 11.7 Å². The number of benzene rings is 2. The maximum Gasteiger partial charge on any atom is 0.242 e. The second-order valence-electron chi connectivity index (χ2n) is 10.8. The van der Waals surface area contributed by atoms with Crippen molar-refractivity contribution in [1.82, 2.24) is 10.4 Å². The normalized spacial score (nSPS) is 39.0. The number of ether oxygens (including phenoxy) is 1. The molecule has 0 aromatic heterocycles. The van der Waals surface area contributed by atoms with Crippen molar-refractivity contribution in [1.29, 1.82) is 0 Å². The Hall–Kier alpha value is -2.25. The van der Waals surface area contributed by atoms with E-state index >= 15 is 0 Å². The average Bonchev–Trinajstić information content (AvgIpc) is 3.10. The molecule has 4 aliphatic heterocycles. The molecule has 6 nitrogen and oxygen atoms in total. The van der Waals surface area contributed by atoms with E-state index in [0.717, 1.165) is 31.2 Å². The van der Waals surface area contributed by atoms with Crippen LogP contribution in [0.3, 0.4) is 0 Å². The molecule has 34 heavy (non-hydrogen) atoms. The Balaban J connectivity index is 1.28. The first-order valence-electron chi connectivity index (χ1n) is 12.7. The van der Waals surface area contributed by atoms with E-state index in [4.69, 9.17) is 14.5 Å². The highest BCUT2D eigenvalue weighted by molar-refractivity contribution is 5.80. The highest BCUT2D eigenvalue weighted by Gasteiger charge is 2.70. The van der Waals surface area contributed by atoms with Gasteiger partial charge in [-0.1, -0.05) is 68.4 Å². The maximum absolute atomic E-state index is 13.6. The number of hydrogen-bond donors (Lipinski definition) is 1. The number of hydrazine groups is 1. The maximum atomic E-state index is 13.6. The van der Waals surface area contributed by atoms with E-state index in [0.29, 0.717) is 18.4 Å². The summed E-state index contributed by atoms with van der Waals surface area (Å²) in [7, 11) is 0. The van der Waals surface area contributed by atoms with Crippen molar-refractivity contribution in [2.75, 3.05) is 0 Å². The molecule has 180 valence electrons. The fourth-order valence-corrected chi connectivity index (χ4v) is 6.84. The first-order chi connectivity index (χ1) is 16.4. The minimum Gasteiger partial charge on any atom is -0.319 e. The fourth-order valence-electron chi connectivity index (χ4n) is 6.84. The molecule has 1 amide bonds. The summed E-state index contributed by atoms with van der Waals surface area (Å²) in [6.45, 7) is 6.81. The molecule has 7 rings (SSSR count). The summed E-state index contributed by atoms with van der Waals surface area (Å²) in [6.07, 6.45) is 3.32. The number of nitrogens with one attached hydrogen (secondary N) is 1. The molecule has 1 unspecified atom stereocenters. The Morgan fingerprint density at radius 3 is 2.44 bits per heavy atom. The third-order valence-corrected chi connectivity index (χ3v) is 8.78. The van der Waals surface area contributed by atoms with Gasteiger partial charge in [0, 0.05) is 24.8 Å². The van der Waals surface area contributed by atoms with Crippen molar-refractivity contribution in [3.63, 3.8) is 0 Å². The van der Waals surface area contributed by atoms with Crippen LogP contribution in [0.4, 0.5) is 0 Å². The molecule has 7 atom stereocenters. The second kappa shape index (κ2) is 8.16. The number of piperidine rings is 1. The number of carbonyl (C=O) groups excluding carboxylic acids is 1. The number of carbonyl (C=O) groups is 1. The van der Waals surface area contributed by atoms with E-state index in [9.17, 15) is 4.79 Å². The first kappa shape index (κ1) is 22.2. The lowest BCUT2D eigenvalue weighted by atomic mass is 9.57. The Bertz CT molecular complexity index is 1060. The van der Waals surface area contributed by atoms with E-state index in [2.05, 4.69) is 48.7 Å². The molecule has 5 aliphatic rings. The summed E-state index contributed by atoms with van der Waals surface area (Å²) in [5.41, 5.74) is 6.27.